The molecule has 1 unspecified atom stereocenters. The lowest BCUT2D eigenvalue weighted by Gasteiger charge is -2.26. The maximum atomic E-state index is 11.9. The third-order valence-electron chi connectivity index (χ3n) is 3.93. The number of carbonyl (C=O) groups is 1. The van der Waals surface area contributed by atoms with E-state index in [1.165, 1.54) is 11.1 Å². The molecule has 1 aromatic carbocycles. The van der Waals surface area contributed by atoms with Crippen LogP contribution in [0.1, 0.15) is 11.1 Å². The van der Waals surface area contributed by atoms with Crippen molar-refractivity contribution in [2.24, 2.45) is 5.11 Å². The molecule has 7 nitrogen and oxygen atoms in total. The molecule has 1 saturated heterocycles. The number of ether oxygens (including phenoxy) is 1. The number of nitrogens with zero attached hydrogens (tertiary/aromatic N) is 5. The van der Waals surface area contributed by atoms with Crippen LogP contribution in [-0.2, 0) is 17.7 Å². The van der Waals surface area contributed by atoms with Gasteiger partial charge in [-0.05, 0) is 42.3 Å². The van der Waals surface area contributed by atoms with Crippen LogP contribution < -0.4 is 4.90 Å². The Labute approximate surface area is 122 Å². The maximum absolute atomic E-state index is 11.9. The zero-order chi connectivity index (χ0) is 14.8. The molecule has 1 amide bonds. The van der Waals surface area contributed by atoms with Crippen molar-refractivity contribution < 1.29 is 9.53 Å². The summed E-state index contributed by atoms with van der Waals surface area (Å²) < 4.78 is 5.21. The van der Waals surface area contributed by atoms with Crippen molar-refractivity contribution >= 4 is 11.8 Å². The summed E-state index contributed by atoms with van der Waals surface area (Å²) in [5.74, 6) is 0. The summed E-state index contributed by atoms with van der Waals surface area (Å²) in [4.78, 5) is 18.5. The van der Waals surface area contributed by atoms with Gasteiger partial charge in [-0.25, -0.2) is 4.79 Å². The average Bonchev–Trinajstić information content (AvgIpc) is 2.85. The van der Waals surface area contributed by atoms with Crippen molar-refractivity contribution in [2.45, 2.75) is 19.1 Å². The van der Waals surface area contributed by atoms with Crippen LogP contribution >= 0.6 is 0 Å². The molecule has 0 spiro atoms. The molecule has 1 aromatic rings. The van der Waals surface area contributed by atoms with Crippen LogP contribution in [0.4, 0.5) is 10.5 Å². The molecule has 21 heavy (non-hydrogen) atoms. The standard InChI is InChI=1S/C14H17N5O2/c1-18-5-4-10-6-12(3-2-11(10)8-18)19-9-13(7-16-17-15)21-14(19)20/h2-3,6,13H,4-5,7-9H2,1H3. The highest BCUT2D eigenvalue weighted by Gasteiger charge is 2.32. The number of fused-ring (bicyclic) bond motifs is 1. The molecule has 0 aliphatic carbocycles. The van der Waals surface area contributed by atoms with E-state index in [0.717, 1.165) is 25.2 Å². The van der Waals surface area contributed by atoms with E-state index in [9.17, 15) is 4.79 Å². The highest BCUT2D eigenvalue weighted by atomic mass is 16.6. The fourth-order valence-corrected chi connectivity index (χ4v) is 2.80. The van der Waals surface area contributed by atoms with Crippen LogP contribution in [0.15, 0.2) is 23.3 Å². The summed E-state index contributed by atoms with van der Waals surface area (Å²) in [7, 11) is 2.11. The summed E-state index contributed by atoms with van der Waals surface area (Å²) in [6, 6.07) is 6.10. The fraction of sp³-hybridized carbons (Fsp3) is 0.500. The first-order chi connectivity index (χ1) is 10.2. The summed E-state index contributed by atoms with van der Waals surface area (Å²) in [6.07, 6.45) is 0.252. The van der Waals surface area contributed by atoms with Gasteiger partial charge in [-0.15, -0.1) is 0 Å². The van der Waals surface area contributed by atoms with E-state index in [-0.39, 0.29) is 18.7 Å². The number of rotatable bonds is 3. The zero-order valence-electron chi connectivity index (χ0n) is 11.9. The Morgan fingerprint density at radius 1 is 1.48 bits per heavy atom. The van der Waals surface area contributed by atoms with E-state index in [0.29, 0.717) is 6.54 Å². The highest BCUT2D eigenvalue weighted by molar-refractivity contribution is 5.89. The lowest BCUT2D eigenvalue weighted by Crippen LogP contribution is -2.28. The Morgan fingerprint density at radius 2 is 2.33 bits per heavy atom. The van der Waals surface area contributed by atoms with Crippen molar-refractivity contribution in [3.8, 4) is 0 Å². The predicted octanol–water partition coefficient (Wildman–Crippen LogP) is 2.31. The van der Waals surface area contributed by atoms with Crippen molar-refractivity contribution in [3.63, 3.8) is 0 Å². The number of likely N-dealkylation sites (N-methyl/N-ethyl adjacent to an activating group) is 1. The molecule has 2 aliphatic heterocycles. The van der Waals surface area contributed by atoms with Crippen LogP contribution in [-0.4, -0.2) is 43.8 Å². The lowest BCUT2D eigenvalue weighted by atomic mass is 9.99. The topological polar surface area (TPSA) is 81.5 Å². The third-order valence-corrected chi connectivity index (χ3v) is 3.93. The van der Waals surface area contributed by atoms with Gasteiger partial charge in [0.15, 0.2) is 0 Å². The highest BCUT2D eigenvalue weighted by Crippen LogP contribution is 2.27. The van der Waals surface area contributed by atoms with Gasteiger partial charge in [0.05, 0.1) is 13.1 Å². The smallest absolute Gasteiger partial charge is 0.414 e. The molecule has 3 rings (SSSR count). The van der Waals surface area contributed by atoms with E-state index < -0.39 is 0 Å². The van der Waals surface area contributed by atoms with E-state index in [1.807, 2.05) is 6.07 Å². The number of amides is 1. The van der Waals surface area contributed by atoms with Crippen molar-refractivity contribution in [3.05, 3.63) is 39.8 Å². The SMILES string of the molecule is CN1CCc2cc(N3CC(CN=[N+]=[N-])OC3=O)ccc2C1. The number of benzene rings is 1. The number of carbonyl (C=O) groups excluding carboxylic acids is 1. The Kier molecular flexibility index (Phi) is 3.68. The molecule has 0 bridgehead atoms. The van der Waals surface area contributed by atoms with Gasteiger partial charge in [-0.3, -0.25) is 4.90 Å². The Bertz CT molecular complexity index is 611. The molecular formula is C14H17N5O2. The van der Waals surface area contributed by atoms with Gasteiger partial charge >= 0.3 is 6.09 Å². The largest absolute Gasteiger partial charge is 0.444 e. The van der Waals surface area contributed by atoms with E-state index >= 15 is 0 Å². The van der Waals surface area contributed by atoms with Gasteiger partial charge in [-0.2, -0.15) is 0 Å². The summed E-state index contributed by atoms with van der Waals surface area (Å²) >= 11 is 0. The second-order valence-electron chi connectivity index (χ2n) is 5.47. The number of azide groups is 1. The van der Waals surface area contributed by atoms with Crippen LogP contribution in [0.25, 0.3) is 10.4 Å². The minimum absolute atomic E-state index is 0.175. The predicted molar refractivity (Wildman–Crippen MR) is 78.1 cm³/mol. The molecule has 1 atom stereocenters. The second-order valence-corrected chi connectivity index (χ2v) is 5.47. The van der Waals surface area contributed by atoms with E-state index in [2.05, 4.69) is 34.1 Å². The Hall–Kier alpha value is -2.24. The third kappa shape index (κ3) is 2.79. The molecule has 110 valence electrons. The van der Waals surface area contributed by atoms with Gasteiger partial charge in [0.25, 0.3) is 0 Å². The first-order valence-electron chi connectivity index (χ1n) is 6.96. The molecule has 1 fully saturated rings. The van der Waals surface area contributed by atoms with E-state index in [4.69, 9.17) is 10.3 Å². The Balaban J connectivity index is 1.78. The quantitative estimate of drug-likeness (QED) is 0.486. The average molecular weight is 287 g/mol. The van der Waals surface area contributed by atoms with Gasteiger partial charge in [0.2, 0.25) is 0 Å². The first kappa shape index (κ1) is 13.7. The number of hydrogen-bond donors (Lipinski definition) is 0. The summed E-state index contributed by atoms with van der Waals surface area (Å²) in [5, 5.41) is 3.47. The number of hydrogen-bond acceptors (Lipinski definition) is 4. The molecular weight excluding hydrogens is 270 g/mol. The number of cyclic esters (lactones) is 1. The van der Waals surface area contributed by atoms with Crippen molar-refractivity contribution in [2.75, 3.05) is 31.6 Å². The summed E-state index contributed by atoms with van der Waals surface area (Å²) in [5.41, 5.74) is 11.8. The fourth-order valence-electron chi connectivity index (χ4n) is 2.80. The van der Waals surface area contributed by atoms with Crippen LogP contribution in [0.5, 0.6) is 0 Å². The first-order valence-corrected chi connectivity index (χ1v) is 6.96. The summed E-state index contributed by atoms with van der Waals surface area (Å²) in [6.45, 7) is 2.57. The number of anilines is 1. The van der Waals surface area contributed by atoms with Crippen molar-refractivity contribution in [1.82, 2.24) is 4.90 Å². The molecule has 2 aliphatic rings. The second kappa shape index (κ2) is 5.63. The van der Waals surface area contributed by atoms with Crippen molar-refractivity contribution in [1.29, 1.82) is 0 Å². The van der Waals surface area contributed by atoms with Gasteiger partial charge in [0, 0.05) is 23.7 Å². The normalized spacial score (nSPS) is 21.7. The molecule has 0 saturated carbocycles. The monoisotopic (exact) mass is 287 g/mol. The molecule has 7 heteroatoms. The van der Waals surface area contributed by atoms with Gasteiger partial charge in [0.1, 0.15) is 6.10 Å². The minimum Gasteiger partial charge on any atom is -0.444 e. The Morgan fingerprint density at radius 3 is 3.14 bits per heavy atom. The zero-order valence-corrected chi connectivity index (χ0v) is 11.9. The molecule has 0 aromatic heterocycles. The van der Waals surface area contributed by atoms with Crippen LogP contribution in [0, 0.1) is 0 Å². The molecule has 2 heterocycles. The molecule has 0 N–H and O–H groups in total. The van der Waals surface area contributed by atoms with E-state index in [1.54, 1.807) is 4.90 Å². The van der Waals surface area contributed by atoms with Gasteiger partial charge in [-0.1, -0.05) is 11.2 Å². The molecule has 0 radical (unpaired) electrons. The minimum atomic E-state index is -0.374. The van der Waals surface area contributed by atoms with Gasteiger partial charge < -0.3 is 9.64 Å². The lowest BCUT2D eigenvalue weighted by molar-refractivity contribution is 0.145. The van der Waals surface area contributed by atoms with Crippen LogP contribution in [0.3, 0.4) is 0 Å². The van der Waals surface area contributed by atoms with Crippen LogP contribution in [0.2, 0.25) is 0 Å². The maximum Gasteiger partial charge on any atom is 0.414 e.